The summed E-state index contributed by atoms with van der Waals surface area (Å²) in [7, 11) is 0. The molecule has 20 heavy (non-hydrogen) atoms. The maximum Gasteiger partial charge on any atom is 0.255 e. The minimum absolute atomic E-state index is 0.152. The summed E-state index contributed by atoms with van der Waals surface area (Å²) in [6.07, 6.45) is 0. The van der Waals surface area contributed by atoms with Crippen LogP contribution in [0.5, 0.6) is 5.75 Å². The number of aromatic hydroxyl groups is 1. The number of halogens is 2. The van der Waals surface area contributed by atoms with E-state index in [1.165, 1.54) is 12.1 Å². The molecule has 0 saturated heterocycles. The molecule has 0 heterocycles. The molecule has 0 aliphatic heterocycles. The second kappa shape index (κ2) is 6.64. The molecule has 2 aromatic rings. The van der Waals surface area contributed by atoms with E-state index in [-0.39, 0.29) is 29.1 Å². The number of carbonyl (C=O) groups is 1. The number of benzene rings is 2. The van der Waals surface area contributed by atoms with Gasteiger partial charge in [0.25, 0.3) is 5.91 Å². The normalized spacial score (nSPS) is 11.9. The van der Waals surface area contributed by atoms with Crippen LogP contribution in [0.4, 0.5) is 0 Å². The summed E-state index contributed by atoms with van der Waals surface area (Å²) in [6, 6.07) is 13.8. The van der Waals surface area contributed by atoms with Gasteiger partial charge >= 0.3 is 0 Å². The Bertz CT molecular complexity index is 602. The Kier molecular flexibility index (Phi) is 4.88. The van der Waals surface area contributed by atoms with Gasteiger partial charge in [-0.2, -0.15) is 0 Å². The van der Waals surface area contributed by atoms with E-state index >= 15 is 0 Å². The van der Waals surface area contributed by atoms with Crippen molar-refractivity contribution in [3.63, 3.8) is 0 Å². The first kappa shape index (κ1) is 14.7. The van der Waals surface area contributed by atoms with Crippen molar-refractivity contribution in [2.24, 2.45) is 0 Å². The van der Waals surface area contributed by atoms with Gasteiger partial charge in [0, 0.05) is 11.6 Å². The molecular weight excluding hydrogens is 297 g/mol. The van der Waals surface area contributed by atoms with E-state index in [4.69, 9.17) is 23.2 Å². The number of hydrogen-bond acceptors (Lipinski definition) is 2. The summed E-state index contributed by atoms with van der Waals surface area (Å²) in [5.41, 5.74) is 1.10. The van der Waals surface area contributed by atoms with Crippen molar-refractivity contribution in [3.8, 4) is 5.75 Å². The lowest BCUT2D eigenvalue weighted by molar-refractivity contribution is 0.0951. The van der Waals surface area contributed by atoms with E-state index in [2.05, 4.69) is 5.32 Å². The largest absolute Gasteiger partial charge is 0.507 e. The fourth-order valence-corrected chi connectivity index (χ4v) is 2.14. The summed E-state index contributed by atoms with van der Waals surface area (Å²) < 4.78 is 0. The quantitative estimate of drug-likeness (QED) is 0.845. The second-order valence-corrected chi connectivity index (χ2v) is 5.21. The number of carbonyl (C=O) groups excluding carboxylic acids is 1. The Morgan fingerprint density at radius 3 is 2.55 bits per heavy atom. The summed E-state index contributed by atoms with van der Waals surface area (Å²) in [4.78, 5) is 11.9. The van der Waals surface area contributed by atoms with Crippen LogP contribution in [0.25, 0.3) is 0 Å². The Morgan fingerprint density at radius 1 is 1.20 bits per heavy atom. The van der Waals surface area contributed by atoms with Crippen molar-refractivity contribution >= 4 is 29.1 Å². The Hall–Kier alpha value is -1.71. The van der Waals surface area contributed by atoms with Gasteiger partial charge in [-0.05, 0) is 23.8 Å². The van der Waals surface area contributed by atoms with Crippen LogP contribution in [0, 0.1) is 0 Å². The molecule has 1 unspecified atom stereocenters. The van der Waals surface area contributed by atoms with Crippen molar-refractivity contribution in [2.45, 2.75) is 5.38 Å². The van der Waals surface area contributed by atoms with Crippen molar-refractivity contribution in [3.05, 3.63) is 64.7 Å². The smallest absolute Gasteiger partial charge is 0.255 e. The predicted molar refractivity (Wildman–Crippen MR) is 80.5 cm³/mol. The molecule has 1 atom stereocenters. The summed E-state index contributed by atoms with van der Waals surface area (Å²) in [5.74, 6) is -0.540. The Labute approximate surface area is 127 Å². The molecule has 0 radical (unpaired) electrons. The fraction of sp³-hybridized carbons (Fsp3) is 0.133. The Balaban J connectivity index is 1.99. The first-order chi connectivity index (χ1) is 9.58. The zero-order chi connectivity index (χ0) is 14.5. The molecule has 1 amide bonds. The van der Waals surface area contributed by atoms with Crippen molar-refractivity contribution in [1.82, 2.24) is 5.32 Å². The summed E-state index contributed by atoms with van der Waals surface area (Å²) in [5, 5.41) is 12.4. The molecule has 5 heteroatoms. The molecule has 0 saturated carbocycles. The van der Waals surface area contributed by atoms with Gasteiger partial charge in [-0.3, -0.25) is 4.79 Å². The molecule has 2 N–H and O–H groups in total. The van der Waals surface area contributed by atoms with E-state index in [9.17, 15) is 9.90 Å². The van der Waals surface area contributed by atoms with E-state index in [1.54, 1.807) is 6.07 Å². The standard InChI is InChI=1S/C15H13Cl2NO2/c16-11-6-7-12(14(19)8-11)15(20)18-9-13(17)10-4-2-1-3-5-10/h1-8,13,19H,9H2,(H,18,20). The first-order valence-corrected chi connectivity index (χ1v) is 6.85. The highest BCUT2D eigenvalue weighted by atomic mass is 35.5. The van der Waals surface area contributed by atoms with Gasteiger partial charge < -0.3 is 10.4 Å². The first-order valence-electron chi connectivity index (χ1n) is 6.03. The lowest BCUT2D eigenvalue weighted by Gasteiger charge is -2.12. The third-order valence-electron chi connectivity index (χ3n) is 2.81. The molecule has 2 aromatic carbocycles. The van der Waals surface area contributed by atoms with Crippen LogP contribution in [0.2, 0.25) is 5.02 Å². The lowest BCUT2D eigenvalue weighted by Crippen LogP contribution is -2.26. The number of amides is 1. The molecule has 0 fully saturated rings. The van der Waals surface area contributed by atoms with E-state index in [0.717, 1.165) is 5.56 Å². The van der Waals surface area contributed by atoms with Crippen LogP contribution in [-0.4, -0.2) is 17.6 Å². The zero-order valence-electron chi connectivity index (χ0n) is 10.5. The summed E-state index contributed by atoms with van der Waals surface area (Å²) in [6.45, 7) is 0.270. The third kappa shape index (κ3) is 3.65. The van der Waals surface area contributed by atoms with Gasteiger partial charge in [0.2, 0.25) is 0 Å². The monoisotopic (exact) mass is 309 g/mol. The maximum absolute atomic E-state index is 11.9. The fourth-order valence-electron chi connectivity index (χ4n) is 1.75. The Morgan fingerprint density at radius 2 is 1.90 bits per heavy atom. The highest BCUT2D eigenvalue weighted by Gasteiger charge is 2.13. The van der Waals surface area contributed by atoms with Crippen LogP contribution >= 0.6 is 23.2 Å². The number of nitrogens with one attached hydrogen (secondary N) is 1. The topological polar surface area (TPSA) is 49.3 Å². The van der Waals surface area contributed by atoms with Crippen LogP contribution < -0.4 is 5.32 Å². The average Bonchev–Trinajstić information content (AvgIpc) is 2.45. The third-order valence-corrected chi connectivity index (χ3v) is 3.45. The van der Waals surface area contributed by atoms with Crippen LogP contribution in [-0.2, 0) is 0 Å². The highest BCUT2D eigenvalue weighted by Crippen LogP contribution is 2.23. The van der Waals surface area contributed by atoms with Gasteiger partial charge in [-0.25, -0.2) is 0 Å². The molecule has 104 valence electrons. The van der Waals surface area contributed by atoms with Gasteiger partial charge in [0.05, 0.1) is 10.9 Å². The van der Waals surface area contributed by atoms with Gasteiger partial charge in [0.15, 0.2) is 0 Å². The molecule has 0 aromatic heterocycles. The van der Waals surface area contributed by atoms with Gasteiger partial charge in [-0.15, -0.1) is 11.6 Å². The average molecular weight is 310 g/mol. The number of hydrogen-bond donors (Lipinski definition) is 2. The van der Waals surface area contributed by atoms with E-state index < -0.39 is 0 Å². The molecule has 0 spiro atoms. The maximum atomic E-state index is 11.9. The summed E-state index contributed by atoms with van der Waals surface area (Å²) >= 11 is 11.9. The lowest BCUT2D eigenvalue weighted by atomic mass is 10.1. The highest BCUT2D eigenvalue weighted by molar-refractivity contribution is 6.30. The number of phenols is 1. The molecule has 0 bridgehead atoms. The van der Waals surface area contributed by atoms with Crippen molar-refractivity contribution < 1.29 is 9.90 Å². The van der Waals surface area contributed by atoms with Crippen molar-refractivity contribution in [2.75, 3.05) is 6.54 Å². The molecule has 3 nitrogen and oxygen atoms in total. The van der Waals surface area contributed by atoms with E-state index in [1.807, 2.05) is 30.3 Å². The van der Waals surface area contributed by atoms with Crippen LogP contribution in [0.15, 0.2) is 48.5 Å². The minimum atomic E-state index is -0.388. The van der Waals surface area contributed by atoms with E-state index in [0.29, 0.717) is 5.02 Å². The van der Waals surface area contributed by atoms with Crippen LogP contribution in [0.1, 0.15) is 21.3 Å². The zero-order valence-corrected chi connectivity index (χ0v) is 12.0. The van der Waals surface area contributed by atoms with Crippen LogP contribution in [0.3, 0.4) is 0 Å². The van der Waals surface area contributed by atoms with Crippen molar-refractivity contribution in [1.29, 1.82) is 0 Å². The minimum Gasteiger partial charge on any atom is -0.507 e. The number of phenolic OH excluding ortho intramolecular Hbond substituents is 1. The SMILES string of the molecule is O=C(NCC(Cl)c1ccccc1)c1ccc(Cl)cc1O. The van der Waals surface area contributed by atoms with Gasteiger partial charge in [-0.1, -0.05) is 41.9 Å². The number of rotatable bonds is 4. The predicted octanol–water partition coefficient (Wildman–Crippen LogP) is 3.76. The molecule has 2 rings (SSSR count). The second-order valence-electron chi connectivity index (χ2n) is 4.25. The number of alkyl halides is 1. The molecular formula is C15H13Cl2NO2. The molecule has 0 aliphatic carbocycles. The van der Waals surface area contributed by atoms with Gasteiger partial charge in [0.1, 0.15) is 5.75 Å². The molecule has 0 aliphatic rings.